The number of hydrogen-bond acceptors (Lipinski definition) is 6. The average molecular weight is 765 g/mol. The van der Waals surface area contributed by atoms with Crippen LogP contribution in [0, 0.1) is 11.8 Å². The number of hydrogen-bond donors (Lipinski definition) is 0. The molecule has 0 N–H and O–H groups in total. The van der Waals surface area contributed by atoms with Gasteiger partial charge >= 0.3 is 17.9 Å². The van der Waals surface area contributed by atoms with E-state index in [1.165, 1.54) is 148 Å². The Kier molecular flexibility index (Phi) is 39.8. The molecule has 0 fully saturated rings. The van der Waals surface area contributed by atoms with Gasteiger partial charge in [-0.2, -0.15) is 0 Å². The molecule has 0 rings (SSSR count). The fraction of sp³-hybridized carbons (Fsp3) is 0.938. The second kappa shape index (κ2) is 41.1. The van der Waals surface area contributed by atoms with Gasteiger partial charge in [0.05, 0.1) is 0 Å². The Hall–Kier alpha value is -1.59. The van der Waals surface area contributed by atoms with Crippen LogP contribution in [0.2, 0.25) is 0 Å². The van der Waals surface area contributed by atoms with Gasteiger partial charge in [0.25, 0.3) is 0 Å². The van der Waals surface area contributed by atoms with E-state index in [0.29, 0.717) is 19.3 Å². The fourth-order valence-electron chi connectivity index (χ4n) is 7.07. The topological polar surface area (TPSA) is 78.9 Å². The first-order valence-electron chi connectivity index (χ1n) is 23.8. The molecule has 0 aliphatic heterocycles. The largest absolute Gasteiger partial charge is 0.462 e. The van der Waals surface area contributed by atoms with Gasteiger partial charge in [-0.3, -0.25) is 14.4 Å². The molecule has 54 heavy (non-hydrogen) atoms. The third-order valence-electron chi connectivity index (χ3n) is 11.1. The maximum atomic E-state index is 12.7. The summed E-state index contributed by atoms with van der Waals surface area (Å²) in [5, 5.41) is 0. The molecular formula is C48H92O6. The Balaban J connectivity index is 4.33. The third-order valence-corrected chi connectivity index (χ3v) is 11.1. The predicted molar refractivity (Wildman–Crippen MR) is 229 cm³/mol. The summed E-state index contributed by atoms with van der Waals surface area (Å²) >= 11 is 0. The molecule has 0 radical (unpaired) electrons. The molecule has 0 amide bonds. The Morgan fingerprint density at radius 3 is 1.06 bits per heavy atom. The van der Waals surface area contributed by atoms with E-state index in [1.54, 1.807) is 0 Å². The zero-order chi connectivity index (χ0) is 39.7. The lowest BCUT2D eigenvalue weighted by Gasteiger charge is -2.18. The monoisotopic (exact) mass is 765 g/mol. The van der Waals surface area contributed by atoms with Gasteiger partial charge in [-0.05, 0) is 31.1 Å². The molecule has 0 spiro atoms. The average Bonchev–Trinajstić information content (AvgIpc) is 3.15. The van der Waals surface area contributed by atoms with Gasteiger partial charge in [-0.25, -0.2) is 0 Å². The zero-order valence-electron chi connectivity index (χ0n) is 36.8. The predicted octanol–water partition coefficient (Wildman–Crippen LogP) is 15.0. The minimum Gasteiger partial charge on any atom is -0.462 e. The van der Waals surface area contributed by atoms with Gasteiger partial charge in [0, 0.05) is 19.3 Å². The smallest absolute Gasteiger partial charge is 0.306 e. The molecule has 6 heteroatoms. The van der Waals surface area contributed by atoms with E-state index < -0.39 is 6.10 Å². The SMILES string of the molecule is CCCCCCCCCCCCCC(=O)OC[C@@H](COC(=O)CCCCCCCCC(C)CC)OC(=O)CCCCCCCCCCCCCCC(C)C. The minimum absolute atomic E-state index is 0.0650. The normalized spacial score (nSPS) is 12.6. The molecule has 0 saturated carbocycles. The van der Waals surface area contributed by atoms with Gasteiger partial charge in [-0.1, -0.05) is 221 Å². The number of ether oxygens (including phenoxy) is 3. The van der Waals surface area contributed by atoms with Gasteiger partial charge < -0.3 is 14.2 Å². The summed E-state index contributed by atoms with van der Waals surface area (Å²) in [6.07, 6.45) is 39.4. The van der Waals surface area contributed by atoms with Gasteiger partial charge in [0.1, 0.15) is 13.2 Å². The van der Waals surface area contributed by atoms with Crippen molar-refractivity contribution in [2.45, 2.75) is 265 Å². The highest BCUT2D eigenvalue weighted by Crippen LogP contribution is 2.17. The Morgan fingerprint density at radius 1 is 0.389 bits per heavy atom. The first-order chi connectivity index (χ1) is 26.3. The molecule has 6 nitrogen and oxygen atoms in total. The van der Waals surface area contributed by atoms with Crippen molar-refractivity contribution in [2.75, 3.05) is 13.2 Å². The summed E-state index contributed by atoms with van der Waals surface area (Å²) in [6, 6.07) is 0. The maximum absolute atomic E-state index is 12.7. The van der Waals surface area contributed by atoms with Crippen molar-refractivity contribution in [3.05, 3.63) is 0 Å². The van der Waals surface area contributed by atoms with Crippen LogP contribution < -0.4 is 0 Å². The van der Waals surface area contributed by atoms with Crippen LogP contribution in [0.4, 0.5) is 0 Å². The van der Waals surface area contributed by atoms with Crippen molar-refractivity contribution in [3.63, 3.8) is 0 Å². The van der Waals surface area contributed by atoms with E-state index in [1.807, 2.05) is 0 Å². The summed E-state index contributed by atoms with van der Waals surface area (Å²) in [4.78, 5) is 37.7. The Labute approximate surface area is 336 Å². The van der Waals surface area contributed by atoms with Gasteiger partial charge in [0.2, 0.25) is 0 Å². The zero-order valence-corrected chi connectivity index (χ0v) is 36.8. The van der Waals surface area contributed by atoms with Crippen LogP contribution in [-0.4, -0.2) is 37.2 Å². The quantitative estimate of drug-likeness (QED) is 0.0350. The summed E-state index contributed by atoms with van der Waals surface area (Å²) in [5.41, 5.74) is 0. The van der Waals surface area contributed by atoms with Crippen molar-refractivity contribution in [1.82, 2.24) is 0 Å². The molecule has 0 saturated heterocycles. The van der Waals surface area contributed by atoms with Crippen LogP contribution in [0.25, 0.3) is 0 Å². The first kappa shape index (κ1) is 52.4. The molecule has 1 unspecified atom stereocenters. The maximum Gasteiger partial charge on any atom is 0.306 e. The molecular weight excluding hydrogens is 673 g/mol. The fourth-order valence-corrected chi connectivity index (χ4v) is 7.07. The van der Waals surface area contributed by atoms with Crippen LogP contribution >= 0.6 is 0 Å². The molecule has 320 valence electrons. The van der Waals surface area contributed by atoms with Crippen molar-refractivity contribution in [3.8, 4) is 0 Å². The number of carbonyl (C=O) groups excluding carboxylic acids is 3. The number of esters is 3. The van der Waals surface area contributed by atoms with Crippen LogP contribution in [-0.2, 0) is 28.6 Å². The van der Waals surface area contributed by atoms with Crippen molar-refractivity contribution < 1.29 is 28.6 Å². The Bertz CT molecular complexity index is 826. The lowest BCUT2D eigenvalue weighted by molar-refractivity contribution is -0.167. The van der Waals surface area contributed by atoms with Crippen molar-refractivity contribution >= 4 is 17.9 Å². The number of rotatable bonds is 42. The molecule has 2 atom stereocenters. The van der Waals surface area contributed by atoms with Crippen LogP contribution in [0.3, 0.4) is 0 Å². The van der Waals surface area contributed by atoms with Crippen molar-refractivity contribution in [2.24, 2.45) is 11.8 Å². The van der Waals surface area contributed by atoms with Crippen LogP contribution in [0.5, 0.6) is 0 Å². The van der Waals surface area contributed by atoms with E-state index in [9.17, 15) is 14.4 Å². The molecule has 0 aromatic heterocycles. The molecule has 0 aliphatic carbocycles. The molecule has 0 aromatic rings. The van der Waals surface area contributed by atoms with E-state index >= 15 is 0 Å². The molecule has 0 aromatic carbocycles. The van der Waals surface area contributed by atoms with Gasteiger partial charge in [0.15, 0.2) is 6.10 Å². The standard InChI is InChI=1S/C48H92O6/c1-6-8-9-10-11-12-15-19-22-28-33-38-46(49)52-41-45(42-53-47(50)39-34-29-25-24-27-32-37-44(5)7-2)54-48(51)40-35-30-23-20-17-14-13-16-18-21-26-31-36-43(3)4/h43-45H,6-42H2,1-5H3/t44?,45-/m0/s1. The number of unbranched alkanes of at least 4 members (excludes halogenated alkanes) is 26. The summed E-state index contributed by atoms with van der Waals surface area (Å²) < 4.78 is 16.7. The molecule has 0 aliphatic rings. The Morgan fingerprint density at radius 2 is 0.704 bits per heavy atom. The van der Waals surface area contributed by atoms with Gasteiger partial charge in [-0.15, -0.1) is 0 Å². The molecule has 0 heterocycles. The van der Waals surface area contributed by atoms with Crippen LogP contribution in [0.15, 0.2) is 0 Å². The van der Waals surface area contributed by atoms with E-state index in [2.05, 4.69) is 34.6 Å². The van der Waals surface area contributed by atoms with Crippen LogP contribution in [0.1, 0.15) is 259 Å². The summed E-state index contributed by atoms with van der Waals surface area (Å²) in [7, 11) is 0. The minimum atomic E-state index is -0.761. The first-order valence-corrected chi connectivity index (χ1v) is 23.8. The van der Waals surface area contributed by atoms with E-state index in [0.717, 1.165) is 69.6 Å². The lowest BCUT2D eigenvalue weighted by Crippen LogP contribution is -2.30. The third kappa shape index (κ3) is 40.1. The van der Waals surface area contributed by atoms with E-state index in [4.69, 9.17) is 14.2 Å². The highest BCUT2D eigenvalue weighted by atomic mass is 16.6. The highest BCUT2D eigenvalue weighted by molar-refractivity contribution is 5.71. The highest BCUT2D eigenvalue weighted by Gasteiger charge is 2.19. The summed E-state index contributed by atoms with van der Waals surface area (Å²) in [6.45, 7) is 11.3. The second-order valence-electron chi connectivity index (χ2n) is 17.1. The number of carbonyl (C=O) groups is 3. The second-order valence-corrected chi connectivity index (χ2v) is 17.1. The lowest BCUT2D eigenvalue weighted by atomic mass is 10.00. The van der Waals surface area contributed by atoms with E-state index in [-0.39, 0.29) is 31.1 Å². The van der Waals surface area contributed by atoms with Crippen molar-refractivity contribution in [1.29, 1.82) is 0 Å². The summed E-state index contributed by atoms with van der Waals surface area (Å²) in [5.74, 6) is 0.789. The molecule has 0 bridgehead atoms.